The SMILES string of the molecule is O=C(O)CCCN1CCN(CC2CN(CC3CCN(Cc4ccccc4)CC3)C(=O)O2)CC1. The van der Waals surface area contributed by atoms with Crippen LogP contribution in [0, 0.1) is 5.92 Å². The molecule has 1 aromatic rings. The average Bonchev–Trinajstić information content (AvgIpc) is 3.15. The zero-order valence-corrected chi connectivity index (χ0v) is 19.6. The van der Waals surface area contributed by atoms with E-state index in [4.69, 9.17) is 9.84 Å². The van der Waals surface area contributed by atoms with Crippen LogP contribution < -0.4 is 0 Å². The van der Waals surface area contributed by atoms with Crippen molar-refractivity contribution in [1.82, 2.24) is 19.6 Å². The number of carbonyl (C=O) groups excluding carboxylic acids is 1. The number of ether oxygens (including phenoxy) is 1. The summed E-state index contributed by atoms with van der Waals surface area (Å²) in [5.41, 5.74) is 1.36. The Morgan fingerprint density at radius 1 is 0.939 bits per heavy atom. The van der Waals surface area contributed by atoms with E-state index in [1.54, 1.807) is 0 Å². The number of carboxylic acid groups (broad SMARTS) is 1. The molecule has 1 amide bonds. The topological polar surface area (TPSA) is 76.6 Å². The molecule has 1 aromatic carbocycles. The Morgan fingerprint density at radius 2 is 1.64 bits per heavy atom. The van der Waals surface area contributed by atoms with Gasteiger partial charge < -0.3 is 19.6 Å². The number of hydrogen-bond acceptors (Lipinski definition) is 6. The summed E-state index contributed by atoms with van der Waals surface area (Å²) in [5.74, 6) is -0.170. The molecular weight excluding hydrogens is 420 g/mol. The number of rotatable bonds is 10. The predicted octanol–water partition coefficient (Wildman–Crippen LogP) is 2.20. The van der Waals surface area contributed by atoms with Crippen molar-refractivity contribution in [3.05, 3.63) is 35.9 Å². The molecule has 0 radical (unpaired) electrons. The first-order valence-electron chi connectivity index (χ1n) is 12.4. The fraction of sp³-hybridized carbons (Fsp3) is 0.680. The highest BCUT2D eigenvalue weighted by atomic mass is 16.6. The molecule has 0 spiro atoms. The number of hydrogen-bond donors (Lipinski definition) is 1. The molecule has 8 nitrogen and oxygen atoms in total. The fourth-order valence-corrected chi connectivity index (χ4v) is 5.24. The lowest BCUT2D eigenvalue weighted by Gasteiger charge is -2.35. The van der Waals surface area contributed by atoms with Crippen LogP contribution in [0.3, 0.4) is 0 Å². The van der Waals surface area contributed by atoms with Crippen LogP contribution in [0.15, 0.2) is 30.3 Å². The Hall–Kier alpha value is -2.16. The molecule has 3 fully saturated rings. The van der Waals surface area contributed by atoms with Crippen molar-refractivity contribution in [3.63, 3.8) is 0 Å². The minimum Gasteiger partial charge on any atom is -0.481 e. The van der Waals surface area contributed by atoms with E-state index in [9.17, 15) is 9.59 Å². The highest BCUT2D eigenvalue weighted by molar-refractivity contribution is 5.70. The summed E-state index contributed by atoms with van der Waals surface area (Å²) in [4.78, 5) is 32.3. The molecule has 182 valence electrons. The van der Waals surface area contributed by atoms with Gasteiger partial charge in [0.1, 0.15) is 6.10 Å². The second-order valence-corrected chi connectivity index (χ2v) is 9.76. The number of nitrogens with zero attached hydrogens (tertiary/aromatic N) is 4. The summed E-state index contributed by atoms with van der Waals surface area (Å²) in [6, 6.07) is 10.6. The van der Waals surface area contributed by atoms with Gasteiger partial charge in [-0.2, -0.15) is 0 Å². The van der Waals surface area contributed by atoms with E-state index in [1.807, 2.05) is 4.90 Å². The van der Waals surface area contributed by atoms with Gasteiger partial charge in [0, 0.05) is 52.2 Å². The molecule has 33 heavy (non-hydrogen) atoms. The van der Waals surface area contributed by atoms with Crippen molar-refractivity contribution >= 4 is 12.1 Å². The Kier molecular flexibility index (Phi) is 8.58. The molecule has 8 heteroatoms. The van der Waals surface area contributed by atoms with Gasteiger partial charge in [0.25, 0.3) is 0 Å². The monoisotopic (exact) mass is 458 g/mol. The minimum atomic E-state index is -0.723. The molecule has 3 aliphatic rings. The van der Waals surface area contributed by atoms with Crippen molar-refractivity contribution in [2.45, 2.75) is 38.3 Å². The number of carboxylic acids is 1. The van der Waals surface area contributed by atoms with Gasteiger partial charge in [-0.25, -0.2) is 4.79 Å². The lowest BCUT2D eigenvalue weighted by Crippen LogP contribution is -2.49. The van der Waals surface area contributed by atoms with Gasteiger partial charge in [0.2, 0.25) is 0 Å². The van der Waals surface area contributed by atoms with Crippen LogP contribution >= 0.6 is 0 Å². The first kappa shape index (κ1) is 24.0. The van der Waals surface area contributed by atoms with Gasteiger partial charge in [-0.3, -0.25) is 14.6 Å². The Labute approximate surface area is 197 Å². The van der Waals surface area contributed by atoms with Gasteiger partial charge >= 0.3 is 12.1 Å². The smallest absolute Gasteiger partial charge is 0.410 e. The zero-order valence-electron chi connectivity index (χ0n) is 19.6. The number of piperidine rings is 1. The average molecular weight is 459 g/mol. The van der Waals surface area contributed by atoms with Crippen LogP contribution in [-0.4, -0.2) is 108 Å². The summed E-state index contributed by atoms with van der Waals surface area (Å²) in [6.45, 7) is 10.1. The maximum Gasteiger partial charge on any atom is 0.410 e. The molecule has 0 bridgehead atoms. The van der Waals surface area contributed by atoms with E-state index in [2.05, 4.69) is 45.0 Å². The van der Waals surface area contributed by atoms with E-state index in [0.29, 0.717) is 18.9 Å². The standard InChI is InChI=1S/C25H38N4O4/c30-24(31)7-4-10-26-13-15-28(16-14-26)19-23-20-29(25(32)33-23)18-22-8-11-27(12-9-22)17-21-5-2-1-3-6-21/h1-3,5-6,22-23H,4,7-20H2,(H,30,31). The molecule has 1 N–H and O–H groups in total. The van der Waals surface area contributed by atoms with E-state index >= 15 is 0 Å². The molecule has 3 saturated heterocycles. The second-order valence-electron chi connectivity index (χ2n) is 9.76. The van der Waals surface area contributed by atoms with Gasteiger partial charge in [0.15, 0.2) is 0 Å². The van der Waals surface area contributed by atoms with Crippen molar-refractivity contribution in [3.8, 4) is 0 Å². The van der Waals surface area contributed by atoms with Gasteiger partial charge in [-0.1, -0.05) is 30.3 Å². The molecule has 3 aliphatic heterocycles. The van der Waals surface area contributed by atoms with E-state index in [1.165, 1.54) is 5.56 Å². The van der Waals surface area contributed by atoms with Crippen LogP contribution in [0.4, 0.5) is 4.79 Å². The summed E-state index contributed by atoms with van der Waals surface area (Å²) in [5, 5.41) is 8.78. The highest BCUT2D eigenvalue weighted by Crippen LogP contribution is 2.23. The largest absolute Gasteiger partial charge is 0.481 e. The molecule has 1 atom stereocenters. The van der Waals surface area contributed by atoms with Crippen LogP contribution in [0.2, 0.25) is 0 Å². The van der Waals surface area contributed by atoms with Gasteiger partial charge in [-0.05, 0) is 50.4 Å². The third-order valence-corrected chi connectivity index (χ3v) is 7.18. The van der Waals surface area contributed by atoms with Crippen molar-refractivity contribution in [1.29, 1.82) is 0 Å². The number of aliphatic carboxylic acids is 1. The number of likely N-dealkylation sites (tertiary alicyclic amines) is 1. The summed E-state index contributed by atoms with van der Waals surface area (Å²) in [7, 11) is 0. The number of carbonyl (C=O) groups is 2. The van der Waals surface area contributed by atoms with Crippen molar-refractivity contribution < 1.29 is 19.4 Å². The summed E-state index contributed by atoms with van der Waals surface area (Å²) < 4.78 is 5.69. The summed E-state index contributed by atoms with van der Waals surface area (Å²) >= 11 is 0. The highest BCUT2D eigenvalue weighted by Gasteiger charge is 2.35. The normalized spacial score (nSPS) is 23.7. The quantitative estimate of drug-likeness (QED) is 0.576. The lowest BCUT2D eigenvalue weighted by atomic mass is 9.96. The fourth-order valence-electron chi connectivity index (χ4n) is 5.24. The molecule has 0 aromatic heterocycles. The maximum absolute atomic E-state index is 12.4. The number of cyclic esters (lactones) is 1. The molecule has 0 saturated carbocycles. The predicted molar refractivity (Wildman–Crippen MR) is 126 cm³/mol. The van der Waals surface area contributed by atoms with Crippen LogP contribution in [0.5, 0.6) is 0 Å². The van der Waals surface area contributed by atoms with Crippen molar-refractivity contribution in [2.75, 3.05) is 65.4 Å². The van der Waals surface area contributed by atoms with Gasteiger partial charge in [-0.15, -0.1) is 0 Å². The third kappa shape index (κ3) is 7.42. The van der Waals surface area contributed by atoms with Crippen molar-refractivity contribution in [2.24, 2.45) is 5.92 Å². The number of amides is 1. The molecule has 3 heterocycles. The van der Waals surface area contributed by atoms with E-state index in [-0.39, 0.29) is 18.6 Å². The van der Waals surface area contributed by atoms with Crippen LogP contribution in [0.1, 0.15) is 31.2 Å². The van der Waals surface area contributed by atoms with Crippen LogP contribution in [0.25, 0.3) is 0 Å². The first-order valence-corrected chi connectivity index (χ1v) is 12.4. The molecule has 0 aliphatic carbocycles. The van der Waals surface area contributed by atoms with E-state index < -0.39 is 5.97 Å². The minimum absolute atomic E-state index is 0.0470. The molecule has 4 rings (SSSR count). The number of benzene rings is 1. The molecule has 1 unspecified atom stereocenters. The first-order chi connectivity index (χ1) is 16.0. The lowest BCUT2D eigenvalue weighted by molar-refractivity contribution is -0.137. The molecular formula is C25H38N4O4. The second kappa shape index (κ2) is 11.8. The van der Waals surface area contributed by atoms with Crippen LogP contribution in [-0.2, 0) is 16.1 Å². The zero-order chi connectivity index (χ0) is 23.0. The Morgan fingerprint density at radius 3 is 2.33 bits per heavy atom. The third-order valence-electron chi connectivity index (χ3n) is 7.18. The maximum atomic E-state index is 12.4. The van der Waals surface area contributed by atoms with E-state index in [0.717, 1.165) is 78.3 Å². The van der Waals surface area contributed by atoms with Gasteiger partial charge in [0.05, 0.1) is 6.54 Å². The summed E-state index contributed by atoms with van der Waals surface area (Å²) in [6.07, 6.45) is 3.00. The Bertz CT molecular complexity index is 761. The Balaban J connectivity index is 1.12. The number of piperazine rings is 1.